The van der Waals surface area contributed by atoms with Gasteiger partial charge in [0.15, 0.2) is 0 Å². The Morgan fingerprint density at radius 1 is 1.37 bits per heavy atom. The highest BCUT2D eigenvalue weighted by Gasteiger charge is 2.37. The summed E-state index contributed by atoms with van der Waals surface area (Å²) in [6.45, 7) is 5.49. The molecular formula is C13H13N5O. The molecule has 2 atom stereocenters. The van der Waals surface area contributed by atoms with Crippen LogP contribution < -0.4 is 5.32 Å². The van der Waals surface area contributed by atoms with Crippen LogP contribution in [0.25, 0.3) is 0 Å². The van der Waals surface area contributed by atoms with E-state index in [1.807, 2.05) is 30.3 Å². The quantitative estimate of drug-likeness (QED) is 0.878. The number of fused-ring (bicyclic) bond motifs is 1. The number of allylic oxidation sites excluding steroid dienone is 1. The molecule has 0 bridgehead atoms. The third kappa shape index (κ3) is 1.81. The summed E-state index contributed by atoms with van der Waals surface area (Å²) >= 11 is 0. The van der Waals surface area contributed by atoms with Crippen LogP contribution in [0.5, 0.6) is 0 Å². The van der Waals surface area contributed by atoms with E-state index in [4.69, 9.17) is 0 Å². The van der Waals surface area contributed by atoms with E-state index in [2.05, 4.69) is 27.4 Å². The van der Waals surface area contributed by atoms with Crippen LogP contribution in [0.4, 0.5) is 5.95 Å². The fourth-order valence-corrected chi connectivity index (χ4v) is 2.47. The van der Waals surface area contributed by atoms with Crippen LogP contribution in [-0.2, 0) is 4.79 Å². The highest BCUT2D eigenvalue weighted by molar-refractivity contribution is 5.83. The number of Topliss-reactive ketones (excluding diaryl/α,β-unsaturated/α-hetero) is 1. The van der Waals surface area contributed by atoms with Gasteiger partial charge in [-0.1, -0.05) is 42.0 Å². The first-order valence-electron chi connectivity index (χ1n) is 5.97. The first kappa shape index (κ1) is 11.6. The molecule has 1 aliphatic heterocycles. The number of anilines is 1. The second kappa shape index (κ2) is 4.31. The molecule has 1 aromatic carbocycles. The molecule has 0 spiro atoms. The van der Waals surface area contributed by atoms with E-state index >= 15 is 0 Å². The summed E-state index contributed by atoms with van der Waals surface area (Å²) in [6.07, 6.45) is 0. The SMILES string of the molecule is C=C1Nc2nnnn2C(c2ccccc2)C1C(C)=O. The van der Waals surface area contributed by atoms with E-state index in [9.17, 15) is 4.79 Å². The van der Waals surface area contributed by atoms with Crippen molar-refractivity contribution < 1.29 is 4.79 Å². The molecule has 3 rings (SSSR count). The van der Waals surface area contributed by atoms with Crippen molar-refractivity contribution in [2.45, 2.75) is 13.0 Å². The van der Waals surface area contributed by atoms with E-state index in [0.29, 0.717) is 11.6 Å². The molecule has 1 aromatic heterocycles. The summed E-state index contributed by atoms with van der Waals surface area (Å²) in [4.78, 5) is 11.9. The van der Waals surface area contributed by atoms with E-state index < -0.39 is 0 Å². The van der Waals surface area contributed by atoms with Crippen LogP contribution in [0.1, 0.15) is 18.5 Å². The molecule has 1 aliphatic rings. The molecule has 0 fully saturated rings. The Morgan fingerprint density at radius 2 is 2.11 bits per heavy atom. The number of hydrogen-bond donors (Lipinski definition) is 1. The zero-order valence-corrected chi connectivity index (χ0v) is 10.4. The summed E-state index contributed by atoms with van der Waals surface area (Å²) in [5.41, 5.74) is 1.61. The fraction of sp³-hybridized carbons (Fsp3) is 0.231. The zero-order valence-electron chi connectivity index (χ0n) is 10.4. The molecule has 0 saturated heterocycles. The van der Waals surface area contributed by atoms with Gasteiger partial charge < -0.3 is 5.32 Å². The van der Waals surface area contributed by atoms with Gasteiger partial charge >= 0.3 is 0 Å². The lowest BCUT2D eigenvalue weighted by atomic mass is 9.86. The van der Waals surface area contributed by atoms with E-state index in [1.54, 1.807) is 11.6 Å². The summed E-state index contributed by atoms with van der Waals surface area (Å²) in [5, 5.41) is 14.5. The average Bonchev–Trinajstić information content (AvgIpc) is 2.85. The molecule has 96 valence electrons. The number of carbonyl (C=O) groups excluding carboxylic acids is 1. The number of nitrogens with one attached hydrogen (secondary N) is 1. The maximum Gasteiger partial charge on any atom is 0.247 e. The monoisotopic (exact) mass is 255 g/mol. The molecule has 6 nitrogen and oxygen atoms in total. The highest BCUT2D eigenvalue weighted by Crippen LogP contribution is 2.36. The topological polar surface area (TPSA) is 72.7 Å². The molecule has 6 heteroatoms. The van der Waals surface area contributed by atoms with Crippen molar-refractivity contribution in [1.82, 2.24) is 20.2 Å². The van der Waals surface area contributed by atoms with Crippen LogP contribution in [-0.4, -0.2) is 26.0 Å². The first-order chi connectivity index (χ1) is 9.18. The van der Waals surface area contributed by atoms with Crippen molar-refractivity contribution >= 4 is 11.7 Å². The number of benzene rings is 1. The van der Waals surface area contributed by atoms with Gasteiger partial charge in [0.25, 0.3) is 0 Å². The van der Waals surface area contributed by atoms with Gasteiger partial charge in [0.05, 0.1) is 12.0 Å². The van der Waals surface area contributed by atoms with Crippen molar-refractivity contribution in [3.05, 3.63) is 48.2 Å². The summed E-state index contributed by atoms with van der Waals surface area (Å²) < 4.78 is 1.64. The highest BCUT2D eigenvalue weighted by atomic mass is 16.1. The predicted octanol–water partition coefficient (Wildman–Crippen LogP) is 1.41. The number of carbonyl (C=O) groups is 1. The largest absolute Gasteiger partial charge is 0.326 e. The minimum absolute atomic E-state index is 0.0347. The summed E-state index contributed by atoms with van der Waals surface area (Å²) in [6, 6.07) is 9.47. The van der Waals surface area contributed by atoms with Crippen LogP contribution in [0.2, 0.25) is 0 Å². The van der Waals surface area contributed by atoms with Crippen LogP contribution >= 0.6 is 0 Å². The lowest BCUT2D eigenvalue weighted by molar-refractivity contribution is -0.120. The smallest absolute Gasteiger partial charge is 0.247 e. The summed E-state index contributed by atoms with van der Waals surface area (Å²) in [7, 11) is 0. The number of tetrazole rings is 1. The molecule has 2 aromatic rings. The first-order valence-corrected chi connectivity index (χ1v) is 5.97. The molecular weight excluding hydrogens is 242 g/mol. The van der Waals surface area contributed by atoms with Gasteiger partial charge in [-0.15, -0.1) is 0 Å². The lowest BCUT2D eigenvalue weighted by Gasteiger charge is -2.32. The fourth-order valence-electron chi connectivity index (χ4n) is 2.47. The van der Waals surface area contributed by atoms with Gasteiger partial charge in [-0.05, 0) is 22.9 Å². The number of rotatable bonds is 2. The van der Waals surface area contributed by atoms with E-state index in [1.165, 1.54) is 0 Å². The predicted molar refractivity (Wildman–Crippen MR) is 69.3 cm³/mol. The second-order valence-electron chi connectivity index (χ2n) is 4.54. The minimum Gasteiger partial charge on any atom is -0.326 e. The molecule has 0 amide bonds. The molecule has 0 radical (unpaired) electrons. The van der Waals surface area contributed by atoms with Crippen LogP contribution in [0, 0.1) is 5.92 Å². The van der Waals surface area contributed by atoms with E-state index in [-0.39, 0.29) is 17.7 Å². The lowest BCUT2D eigenvalue weighted by Crippen LogP contribution is -2.35. The Bertz CT molecular complexity index is 633. The number of aromatic nitrogens is 4. The van der Waals surface area contributed by atoms with E-state index in [0.717, 1.165) is 5.56 Å². The Hall–Kier alpha value is -2.50. The van der Waals surface area contributed by atoms with Crippen molar-refractivity contribution in [3.63, 3.8) is 0 Å². The Balaban J connectivity index is 2.17. The van der Waals surface area contributed by atoms with Crippen LogP contribution in [0.3, 0.4) is 0 Å². The maximum atomic E-state index is 11.9. The third-order valence-corrected chi connectivity index (χ3v) is 3.30. The molecule has 2 unspecified atom stereocenters. The van der Waals surface area contributed by atoms with Gasteiger partial charge in [-0.25, -0.2) is 4.68 Å². The zero-order chi connectivity index (χ0) is 13.4. The van der Waals surface area contributed by atoms with Crippen molar-refractivity contribution in [2.75, 3.05) is 5.32 Å². The molecule has 1 N–H and O–H groups in total. The van der Waals surface area contributed by atoms with Gasteiger partial charge in [-0.2, -0.15) is 0 Å². The minimum atomic E-state index is -0.376. The molecule has 0 aliphatic carbocycles. The van der Waals surface area contributed by atoms with Crippen molar-refractivity contribution in [3.8, 4) is 0 Å². The van der Waals surface area contributed by atoms with Gasteiger partial charge in [0.1, 0.15) is 5.78 Å². The third-order valence-electron chi connectivity index (χ3n) is 3.30. The maximum absolute atomic E-state index is 11.9. The second-order valence-corrected chi connectivity index (χ2v) is 4.54. The Labute approximate surface area is 110 Å². The number of nitrogens with zero attached hydrogens (tertiary/aromatic N) is 4. The Kier molecular flexibility index (Phi) is 2.63. The van der Waals surface area contributed by atoms with Crippen LogP contribution in [0.15, 0.2) is 42.6 Å². The van der Waals surface area contributed by atoms with Crippen molar-refractivity contribution in [2.24, 2.45) is 5.92 Å². The number of ketones is 1. The Morgan fingerprint density at radius 3 is 2.79 bits per heavy atom. The van der Waals surface area contributed by atoms with Crippen molar-refractivity contribution in [1.29, 1.82) is 0 Å². The number of hydrogen-bond acceptors (Lipinski definition) is 5. The van der Waals surface area contributed by atoms with Gasteiger partial charge in [-0.3, -0.25) is 4.79 Å². The van der Waals surface area contributed by atoms with Gasteiger partial charge in [0.2, 0.25) is 5.95 Å². The van der Waals surface area contributed by atoms with Gasteiger partial charge in [0, 0.05) is 5.70 Å². The standard InChI is InChI=1S/C13H13N5O/c1-8-11(9(2)19)12(10-6-4-3-5-7-10)18-13(14-8)15-16-17-18/h3-7,11-12H,1H2,2H3,(H,14,15,17). The normalized spacial score (nSPS) is 21.6. The molecule has 2 heterocycles. The average molecular weight is 255 g/mol. The molecule has 19 heavy (non-hydrogen) atoms. The molecule has 0 saturated carbocycles. The summed E-state index contributed by atoms with van der Waals surface area (Å²) in [5.74, 6) is 0.169.